The molecule has 0 aliphatic carbocycles. The number of amides is 1. The zero-order chi connectivity index (χ0) is 11.7. The summed E-state index contributed by atoms with van der Waals surface area (Å²) >= 11 is 4.38. The monoisotopic (exact) mass is 233 g/mol. The SMILES string of the molecule is CCCCOC(=O)NC[C@@H](S)CC(C)C. The average molecular weight is 233 g/mol. The molecule has 0 rings (SSSR count). The summed E-state index contributed by atoms with van der Waals surface area (Å²) < 4.78 is 4.95. The third kappa shape index (κ3) is 9.91. The molecule has 0 aromatic rings. The second-order valence-corrected chi connectivity index (χ2v) is 4.88. The molecule has 1 amide bonds. The lowest BCUT2D eigenvalue weighted by Crippen LogP contribution is -2.31. The standard InChI is InChI=1S/C11H23NO2S/c1-4-5-6-14-11(13)12-8-10(15)7-9(2)3/h9-10,15H,4-8H2,1-3H3,(H,12,13)/t10-/m0/s1. The minimum absolute atomic E-state index is 0.212. The van der Waals surface area contributed by atoms with Gasteiger partial charge in [-0.15, -0.1) is 0 Å². The number of nitrogens with one attached hydrogen (secondary N) is 1. The highest BCUT2D eigenvalue weighted by atomic mass is 32.1. The smallest absolute Gasteiger partial charge is 0.407 e. The van der Waals surface area contributed by atoms with Crippen LogP contribution in [-0.2, 0) is 4.74 Å². The van der Waals surface area contributed by atoms with E-state index < -0.39 is 0 Å². The number of rotatable bonds is 7. The number of alkyl carbamates (subject to hydrolysis) is 1. The van der Waals surface area contributed by atoms with E-state index >= 15 is 0 Å². The van der Waals surface area contributed by atoms with E-state index in [1.54, 1.807) is 0 Å². The van der Waals surface area contributed by atoms with Crippen molar-refractivity contribution in [3.63, 3.8) is 0 Å². The number of carbonyl (C=O) groups is 1. The quantitative estimate of drug-likeness (QED) is 0.524. The molecule has 0 unspecified atom stereocenters. The molecule has 0 aliphatic rings. The van der Waals surface area contributed by atoms with Crippen LogP contribution in [0.3, 0.4) is 0 Å². The van der Waals surface area contributed by atoms with E-state index in [4.69, 9.17) is 4.74 Å². The van der Waals surface area contributed by atoms with Gasteiger partial charge in [-0.2, -0.15) is 12.6 Å². The molecule has 0 fully saturated rings. The molecule has 0 saturated carbocycles. The number of hydrogen-bond donors (Lipinski definition) is 2. The second-order valence-electron chi connectivity index (χ2n) is 4.15. The molecule has 0 spiro atoms. The first-order chi connectivity index (χ1) is 7.06. The van der Waals surface area contributed by atoms with Crippen molar-refractivity contribution < 1.29 is 9.53 Å². The van der Waals surface area contributed by atoms with Gasteiger partial charge in [-0.25, -0.2) is 4.79 Å². The molecule has 3 nitrogen and oxygen atoms in total. The second kappa shape index (κ2) is 8.89. The van der Waals surface area contributed by atoms with Crippen molar-refractivity contribution >= 4 is 18.7 Å². The van der Waals surface area contributed by atoms with Crippen molar-refractivity contribution in [1.82, 2.24) is 5.32 Å². The van der Waals surface area contributed by atoms with Crippen LogP contribution in [0.15, 0.2) is 0 Å². The Morgan fingerprint density at radius 2 is 2.13 bits per heavy atom. The number of unbranched alkanes of at least 4 members (excludes halogenated alkanes) is 1. The molecule has 0 radical (unpaired) electrons. The van der Waals surface area contributed by atoms with Crippen molar-refractivity contribution in [2.75, 3.05) is 13.2 Å². The Kier molecular flexibility index (Phi) is 8.67. The van der Waals surface area contributed by atoms with Gasteiger partial charge in [0.2, 0.25) is 0 Å². The van der Waals surface area contributed by atoms with Gasteiger partial charge in [-0.1, -0.05) is 27.2 Å². The predicted octanol–water partition coefficient (Wildman–Crippen LogP) is 2.86. The summed E-state index contributed by atoms with van der Waals surface area (Å²) in [4.78, 5) is 11.1. The van der Waals surface area contributed by atoms with Crippen LogP contribution in [0.4, 0.5) is 4.79 Å². The van der Waals surface area contributed by atoms with E-state index in [0.717, 1.165) is 19.3 Å². The van der Waals surface area contributed by atoms with Crippen LogP contribution < -0.4 is 5.32 Å². The molecule has 90 valence electrons. The Morgan fingerprint density at radius 1 is 1.47 bits per heavy atom. The summed E-state index contributed by atoms with van der Waals surface area (Å²) in [7, 11) is 0. The van der Waals surface area contributed by atoms with Crippen molar-refractivity contribution in [2.45, 2.75) is 45.3 Å². The van der Waals surface area contributed by atoms with Crippen LogP contribution in [0.25, 0.3) is 0 Å². The van der Waals surface area contributed by atoms with Crippen LogP contribution in [0, 0.1) is 5.92 Å². The number of thiol groups is 1. The Bertz CT molecular complexity index is 174. The van der Waals surface area contributed by atoms with Crippen LogP contribution in [0.1, 0.15) is 40.0 Å². The fraction of sp³-hybridized carbons (Fsp3) is 0.909. The first-order valence-corrected chi connectivity index (χ1v) is 6.16. The first-order valence-electron chi connectivity index (χ1n) is 5.65. The fourth-order valence-corrected chi connectivity index (χ4v) is 1.70. The van der Waals surface area contributed by atoms with Gasteiger partial charge in [0.25, 0.3) is 0 Å². The predicted molar refractivity (Wildman–Crippen MR) is 66.5 cm³/mol. The van der Waals surface area contributed by atoms with E-state index in [-0.39, 0.29) is 11.3 Å². The summed E-state index contributed by atoms with van der Waals surface area (Å²) in [5.74, 6) is 0.602. The summed E-state index contributed by atoms with van der Waals surface area (Å²) in [6, 6.07) is 0. The largest absolute Gasteiger partial charge is 0.450 e. The molecule has 0 saturated heterocycles. The summed E-state index contributed by atoms with van der Waals surface area (Å²) in [6.45, 7) is 7.43. The third-order valence-electron chi connectivity index (χ3n) is 1.96. The van der Waals surface area contributed by atoms with Crippen LogP contribution >= 0.6 is 12.6 Å². The maximum absolute atomic E-state index is 11.1. The molecule has 15 heavy (non-hydrogen) atoms. The van der Waals surface area contributed by atoms with Crippen LogP contribution in [0.5, 0.6) is 0 Å². The fourth-order valence-electron chi connectivity index (χ4n) is 1.19. The van der Waals surface area contributed by atoms with Gasteiger partial charge in [0.1, 0.15) is 0 Å². The third-order valence-corrected chi connectivity index (χ3v) is 2.35. The minimum atomic E-state index is -0.328. The van der Waals surface area contributed by atoms with Crippen molar-refractivity contribution in [3.8, 4) is 0 Å². The van der Waals surface area contributed by atoms with Gasteiger partial charge in [-0.3, -0.25) is 0 Å². The molecule has 0 bridgehead atoms. The van der Waals surface area contributed by atoms with Gasteiger partial charge in [0, 0.05) is 11.8 Å². The van der Waals surface area contributed by atoms with Gasteiger partial charge in [0.05, 0.1) is 6.61 Å². The van der Waals surface area contributed by atoms with Crippen LogP contribution in [0.2, 0.25) is 0 Å². The lowest BCUT2D eigenvalue weighted by atomic mass is 10.1. The molecule has 0 heterocycles. The average Bonchev–Trinajstić information content (AvgIpc) is 2.14. The molecule has 1 N–H and O–H groups in total. The van der Waals surface area contributed by atoms with Crippen molar-refractivity contribution in [2.24, 2.45) is 5.92 Å². The van der Waals surface area contributed by atoms with E-state index in [0.29, 0.717) is 19.1 Å². The molecule has 0 aromatic carbocycles. The van der Waals surface area contributed by atoms with E-state index in [9.17, 15) is 4.79 Å². The van der Waals surface area contributed by atoms with Gasteiger partial charge in [0.15, 0.2) is 0 Å². The maximum Gasteiger partial charge on any atom is 0.407 e. The minimum Gasteiger partial charge on any atom is -0.450 e. The molecule has 4 heteroatoms. The van der Waals surface area contributed by atoms with Crippen LogP contribution in [-0.4, -0.2) is 24.5 Å². The summed E-state index contributed by atoms with van der Waals surface area (Å²) in [6.07, 6.45) is 2.63. The summed E-state index contributed by atoms with van der Waals surface area (Å²) in [5.41, 5.74) is 0. The number of carbonyl (C=O) groups excluding carboxylic acids is 1. The molecular weight excluding hydrogens is 210 g/mol. The topological polar surface area (TPSA) is 38.3 Å². The molecule has 0 aromatic heterocycles. The molecule has 1 atom stereocenters. The molecule has 0 aliphatic heterocycles. The highest BCUT2D eigenvalue weighted by Crippen LogP contribution is 2.08. The number of hydrogen-bond acceptors (Lipinski definition) is 3. The normalized spacial score (nSPS) is 12.6. The lowest BCUT2D eigenvalue weighted by molar-refractivity contribution is 0.144. The highest BCUT2D eigenvalue weighted by Gasteiger charge is 2.08. The number of ether oxygens (including phenoxy) is 1. The Morgan fingerprint density at radius 3 is 2.67 bits per heavy atom. The zero-order valence-corrected chi connectivity index (χ0v) is 10.8. The Hall–Kier alpha value is -0.380. The van der Waals surface area contributed by atoms with Gasteiger partial charge in [-0.05, 0) is 18.8 Å². The van der Waals surface area contributed by atoms with Crippen molar-refractivity contribution in [1.29, 1.82) is 0 Å². The van der Waals surface area contributed by atoms with Gasteiger partial charge < -0.3 is 10.1 Å². The van der Waals surface area contributed by atoms with Gasteiger partial charge >= 0.3 is 6.09 Å². The van der Waals surface area contributed by atoms with Crippen molar-refractivity contribution in [3.05, 3.63) is 0 Å². The van der Waals surface area contributed by atoms with E-state index in [1.165, 1.54) is 0 Å². The Balaban J connectivity index is 3.44. The molecular formula is C11H23NO2S. The lowest BCUT2D eigenvalue weighted by Gasteiger charge is -2.13. The maximum atomic E-state index is 11.1. The Labute approximate surface area is 98.4 Å². The first kappa shape index (κ1) is 14.6. The highest BCUT2D eigenvalue weighted by molar-refractivity contribution is 7.81. The summed E-state index contributed by atoms with van der Waals surface area (Å²) in [5, 5.41) is 2.92. The van der Waals surface area contributed by atoms with E-state index in [1.807, 2.05) is 0 Å². The zero-order valence-electron chi connectivity index (χ0n) is 9.95. The van der Waals surface area contributed by atoms with E-state index in [2.05, 4.69) is 38.7 Å².